The van der Waals surface area contributed by atoms with Crippen LogP contribution in [-0.2, 0) is 0 Å². The van der Waals surface area contributed by atoms with Crippen molar-refractivity contribution < 1.29 is 10.2 Å². The number of rotatable bonds is 2. The smallest absolute Gasteiger partial charge is 0.130 e. The maximum Gasteiger partial charge on any atom is 0.130 e. The molecule has 6 N–H and O–H groups in total. The van der Waals surface area contributed by atoms with E-state index in [1.807, 2.05) is 0 Å². The first-order valence-corrected chi connectivity index (χ1v) is 2.76. The quantitative estimate of drug-likeness (QED) is 0.341. The first-order chi connectivity index (χ1) is 3.85. The number of aliphatic hydroxyl groups is 2. The Bertz CT molecular complexity index is 87.4. The normalized spacial score (nSPS) is 19.3. The molecule has 2 atom stereocenters. The van der Waals surface area contributed by atoms with Gasteiger partial charge in [0.15, 0.2) is 0 Å². The lowest BCUT2D eigenvalue weighted by Crippen LogP contribution is -2.54. The minimum absolute atomic E-state index is 0.839. The Morgan fingerprint density at radius 1 is 1.33 bits per heavy atom. The van der Waals surface area contributed by atoms with Crippen LogP contribution in [0.15, 0.2) is 0 Å². The van der Waals surface area contributed by atoms with Crippen molar-refractivity contribution in [2.75, 3.05) is 0 Å². The van der Waals surface area contributed by atoms with E-state index in [0.717, 1.165) is 0 Å². The van der Waals surface area contributed by atoms with Crippen LogP contribution >= 0.6 is 0 Å². The van der Waals surface area contributed by atoms with Gasteiger partial charge in [0.25, 0.3) is 0 Å². The molecule has 0 aromatic carbocycles. The van der Waals surface area contributed by atoms with E-state index in [-0.39, 0.29) is 0 Å². The van der Waals surface area contributed by atoms with Gasteiger partial charge in [-0.15, -0.1) is 0 Å². The molecule has 0 aliphatic carbocycles. The Labute approximate surface area is 54.5 Å². The second kappa shape index (κ2) is 2.62. The van der Waals surface area contributed by atoms with Crippen molar-refractivity contribution in [3.8, 4) is 0 Å². The van der Waals surface area contributed by atoms with Gasteiger partial charge in [0.05, 0.1) is 0 Å². The summed E-state index contributed by atoms with van der Waals surface area (Å²) in [5, 5.41) is 17.6. The average molecular weight is 134 g/mol. The Kier molecular flexibility index (Phi) is 2.57. The zero-order chi connectivity index (χ0) is 7.65. The Hall–Kier alpha value is -0.160. The molecule has 0 fully saturated rings. The number of aliphatic hydroxyl groups excluding tert-OH is 2. The minimum Gasteiger partial charge on any atom is -0.387 e. The first kappa shape index (κ1) is 8.84. The van der Waals surface area contributed by atoms with E-state index in [4.69, 9.17) is 21.7 Å². The first-order valence-electron chi connectivity index (χ1n) is 2.76. The molecule has 0 aromatic heterocycles. The number of hydrogen-bond acceptors (Lipinski definition) is 4. The van der Waals surface area contributed by atoms with Crippen molar-refractivity contribution in [3.05, 3.63) is 0 Å². The molecule has 0 bridgehead atoms. The summed E-state index contributed by atoms with van der Waals surface area (Å²) in [5.41, 5.74) is 9.50. The van der Waals surface area contributed by atoms with Crippen LogP contribution in [0, 0.1) is 0 Å². The summed E-state index contributed by atoms with van der Waals surface area (Å²) in [6.45, 7) is 3.18. The molecule has 0 saturated heterocycles. The Balaban J connectivity index is 3.88. The predicted octanol–water partition coefficient (Wildman–Crippen LogP) is -1.64. The molecular formula is C5H14N2O2. The molecule has 0 spiro atoms. The highest BCUT2D eigenvalue weighted by Gasteiger charge is 2.26. The van der Waals surface area contributed by atoms with Gasteiger partial charge in [0, 0.05) is 5.54 Å². The molecule has 4 nitrogen and oxygen atoms in total. The molecule has 0 amide bonds. The molecule has 56 valence electrons. The van der Waals surface area contributed by atoms with Gasteiger partial charge in [-0.2, -0.15) is 0 Å². The summed E-state index contributed by atoms with van der Waals surface area (Å²) in [5.74, 6) is 0. The highest BCUT2D eigenvalue weighted by Crippen LogP contribution is 2.05. The lowest BCUT2D eigenvalue weighted by Gasteiger charge is -2.27. The summed E-state index contributed by atoms with van der Waals surface area (Å²) in [4.78, 5) is 0. The molecular weight excluding hydrogens is 120 g/mol. The third-order valence-corrected chi connectivity index (χ3v) is 1.09. The Morgan fingerprint density at radius 3 is 1.67 bits per heavy atom. The molecule has 9 heavy (non-hydrogen) atoms. The van der Waals surface area contributed by atoms with E-state index >= 15 is 0 Å². The van der Waals surface area contributed by atoms with Gasteiger partial charge in [0.2, 0.25) is 0 Å². The monoisotopic (exact) mass is 134 g/mol. The van der Waals surface area contributed by atoms with E-state index < -0.39 is 17.9 Å². The van der Waals surface area contributed by atoms with E-state index in [9.17, 15) is 0 Å². The van der Waals surface area contributed by atoms with Crippen molar-refractivity contribution in [3.63, 3.8) is 0 Å². The summed E-state index contributed by atoms with van der Waals surface area (Å²) in [6, 6.07) is 0. The summed E-state index contributed by atoms with van der Waals surface area (Å²) in [7, 11) is 0. The van der Waals surface area contributed by atoms with E-state index in [2.05, 4.69) is 0 Å². The van der Waals surface area contributed by atoms with Crippen LogP contribution in [-0.4, -0.2) is 28.1 Å². The second-order valence-corrected chi connectivity index (χ2v) is 2.76. The lowest BCUT2D eigenvalue weighted by atomic mass is 9.98. The van der Waals surface area contributed by atoms with E-state index in [0.29, 0.717) is 0 Å². The largest absolute Gasteiger partial charge is 0.387 e. The summed E-state index contributed by atoms with van der Waals surface area (Å²) in [6.07, 6.45) is -2.33. The third-order valence-electron chi connectivity index (χ3n) is 1.09. The van der Waals surface area contributed by atoms with Crippen LogP contribution in [0.3, 0.4) is 0 Å². The third kappa shape index (κ3) is 2.76. The van der Waals surface area contributed by atoms with Crippen molar-refractivity contribution in [1.29, 1.82) is 0 Å². The van der Waals surface area contributed by atoms with E-state index in [1.165, 1.54) is 0 Å². The van der Waals surface area contributed by atoms with Crippen molar-refractivity contribution in [1.82, 2.24) is 0 Å². The van der Waals surface area contributed by atoms with Crippen LogP contribution in [0.2, 0.25) is 0 Å². The van der Waals surface area contributed by atoms with Crippen molar-refractivity contribution in [2.45, 2.75) is 31.7 Å². The van der Waals surface area contributed by atoms with E-state index in [1.54, 1.807) is 13.8 Å². The zero-order valence-corrected chi connectivity index (χ0v) is 5.70. The SMILES string of the molecule is CC(C)(N)C(O)C(N)O. The highest BCUT2D eigenvalue weighted by atomic mass is 16.3. The fourth-order valence-corrected chi connectivity index (χ4v) is 0.440. The molecule has 0 aromatic rings. The van der Waals surface area contributed by atoms with Gasteiger partial charge >= 0.3 is 0 Å². The van der Waals surface area contributed by atoms with Crippen LogP contribution in [0.5, 0.6) is 0 Å². The van der Waals surface area contributed by atoms with Crippen LogP contribution < -0.4 is 11.5 Å². The van der Waals surface area contributed by atoms with Gasteiger partial charge < -0.3 is 21.7 Å². The van der Waals surface area contributed by atoms with Gasteiger partial charge in [-0.1, -0.05) is 0 Å². The van der Waals surface area contributed by atoms with Gasteiger partial charge in [-0.05, 0) is 13.8 Å². The predicted molar refractivity (Wildman–Crippen MR) is 34.5 cm³/mol. The molecule has 0 heterocycles. The average Bonchev–Trinajstić information content (AvgIpc) is 1.62. The Morgan fingerprint density at radius 2 is 1.67 bits per heavy atom. The van der Waals surface area contributed by atoms with Crippen molar-refractivity contribution in [2.24, 2.45) is 11.5 Å². The van der Waals surface area contributed by atoms with Crippen LogP contribution in [0.4, 0.5) is 0 Å². The maximum absolute atomic E-state index is 8.96. The number of hydrogen-bond donors (Lipinski definition) is 4. The van der Waals surface area contributed by atoms with Gasteiger partial charge in [-0.25, -0.2) is 0 Å². The highest BCUT2D eigenvalue weighted by molar-refractivity contribution is 4.84. The second-order valence-electron chi connectivity index (χ2n) is 2.76. The molecule has 2 unspecified atom stereocenters. The standard InChI is InChI=1S/C5H14N2O2/c1-5(2,7)3(8)4(6)9/h3-4,8-9H,6-7H2,1-2H3. The minimum atomic E-state index is -1.26. The maximum atomic E-state index is 8.96. The summed E-state index contributed by atoms with van der Waals surface area (Å²) >= 11 is 0. The van der Waals surface area contributed by atoms with Gasteiger partial charge in [0.1, 0.15) is 12.3 Å². The van der Waals surface area contributed by atoms with Crippen molar-refractivity contribution >= 4 is 0 Å². The zero-order valence-electron chi connectivity index (χ0n) is 5.70. The lowest BCUT2D eigenvalue weighted by molar-refractivity contribution is -0.0150. The van der Waals surface area contributed by atoms with Gasteiger partial charge in [-0.3, -0.25) is 0 Å². The number of nitrogens with two attached hydrogens (primary N) is 2. The summed E-state index contributed by atoms with van der Waals surface area (Å²) < 4.78 is 0. The molecule has 0 rings (SSSR count). The topological polar surface area (TPSA) is 92.5 Å². The van der Waals surface area contributed by atoms with Crippen LogP contribution in [0.25, 0.3) is 0 Å². The molecule has 0 radical (unpaired) electrons. The van der Waals surface area contributed by atoms with Crippen LogP contribution in [0.1, 0.15) is 13.8 Å². The fourth-order valence-electron chi connectivity index (χ4n) is 0.440. The fraction of sp³-hybridized carbons (Fsp3) is 1.00. The molecule has 0 aliphatic rings. The molecule has 0 saturated carbocycles. The molecule has 4 heteroatoms. The molecule has 0 aliphatic heterocycles.